The van der Waals surface area contributed by atoms with Gasteiger partial charge in [0.15, 0.2) is 11.6 Å². The van der Waals surface area contributed by atoms with Crippen LogP contribution in [0.25, 0.3) is 16.8 Å². The van der Waals surface area contributed by atoms with Gasteiger partial charge in [-0.05, 0) is 64.8 Å². The lowest BCUT2D eigenvalue weighted by Gasteiger charge is -2.33. The van der Waals surface area contributed by atoms with Crippen LogP contribution >= 0.6 is 0 Å². The Morgan fingerprint density at radius 3 is 2.50 bits per heavy atom. The fourth-order valence-corrected chi connectivity index (χ4v) is 4.66. The van der Waals surface area contributed by atoms with Crippen molar-refractivity contribution in [3.63, 3.8) is 0 Å². The summed E-state index contributed by atoms with van der Waals surface area (Å²) in [5.74, 6) is 0.185. The van der Waals surface area contributed by atoms with Crippen LogP contribution in [0.2, 0.25) is 0 Å². The van der Waals surface area contributed by atoms with Crippen molar-refractivity contribution in [1.82, 2.24) is 34.7 Å². The minimum atomic E-state index is -0.575. The van der Waals surface area contributed by atoms with E-state index in [4.69, 9.17) is 15.2 Å². The zero-order valence-electron chi connectivity index (χ0n) is 23.0. The first-order valence-corrected chi connectivity index (χ1v) is 13.2. The number of benzene rings is 1. The van der Waals surface area contributed by atoms with Crippen LogP contribution in [-0.4, -0.2) is 59.4 Å². The summed E-state index contributed by atoms with van der Waals surface area (Å²) in [4.78, 5) is 19.9. The minimum Gasteiger partial charge on any atom is -0.482 e. The van der Waals surface area contributed by atoms with E-state index in [9.17, 15) is 9.18 Å². The van der Waals surface area contributed by atoms with Crippen LogP contribution in [0.5, 0.6) is 5.75 Å². The van der Waals surface area contributed by atoms with Crippen LogP contribution in [0, 0.1) is 5.82 Å². The van der Waals surface area contributed by atoms with Crippen LogP contribution in [0.4, 0.5) is 15.0 Å². The average molecular weight is 549 g/mol. The largest absolute Gasteiger partial charge is 0.482 e. The number of nitrogens with zero attached hydrogens (tertiary/aromatic N) is 7. The summed E-state index contributed by atoms with van der Waals surface area (Å²) in [6, 6.07) is 6.32. The molecule has 1 saturated heterocycles. The highest BCUT2D eigenvalue weighted by Crippen LogP contribution is 2.33. The molecule has 3 aromatic heterocycles. The summed E-state index contributed by atoms with van der Waals surface area (Å²) in [6.45, 7) is 8.60. The zero-order chi connectivity index (χ0) is 28.4. The Morgan fingerprint density at radius 2 is 1.80 bits per heavy atom. The minimum absolute atomic E-state index is 0.159. The second-order valence-corrected chi connectivity index (χ2v) is 10.8. The van der Waals surface area contributed by atoms with E-state index in [1.165, 1.54) is 16.9 Å². The molecule has 12 heteroatoms. The molecule has 11 nitrogen and oxygen atoms in total. The van der Waals surface area contributed by atoms with Gasteiger partial charge in [0.1, 0.15) is 17.5 Å². The van der Waals surface area contributed by atoms with Crippen LogP contribution < -0.4 is 10.5 Å². The fraction of sp³-hybridized carbons (Fsp3) is 0.393. The molecule has 40 heavy (non-hydrogen) atoms. The number of carbonyl (C=O) groups is 1. The van der Waals surface area contributed by atoms with Gasteiger partial charge >= 0.3 is 6.09 Å². The summed E-state index contributed by atoms with van der Waals surface area (Å²) in [5, 5.41) is 12.9. The molecular formula is C28H33FN8O3. The van der Waals surface area contributed by atoms with E-state index >= 15 is 0 Å². The maximum Gasteiger partial charge on any atom is 0.410 e. The number of rotatable bonds is 6. The highest BCUT2D eigenvalue weighted by molar-refractivity contribution is 5.68. The van der Waals surface area contributed by atoms with Crippen molar-refractivity contribution in [3.05, 3.63) is 66.6 Å². The number of pyridine rings is 1. The quantitative estimate of drug-likeness (QED) is 0.358. The first-order valence-electron chi connectivity index (χ1n) is 13.2. The number of hydrogen-bond donors (Lipinski definition) is 1. The Morgan fingerprint density at radius 1 is 1.07 bits per heavy atom. The standard InChI is InChI=1S/C28H33FN8O3/c1-18(23-14-21(29)5-6-24(23)37-32-9-10-33-37)39-25-13-19(15-31-26(25)30)20-16-34-36(17-20)22-7-11-35(12-8-22)27(38)40-28(2,3)4/h5-6,9-10,13-18,22H,7-8,11-12H2,1-4H3,(H2,30,31). The van der Waals surface area contributed by atoms with Crippen molar-refractivity contribution in [1.29, 1.82) is 0 Å². The molecule has 1 aromatic carbocycles. The van der Waals surface area contributed by atoms with Crippen molar-refractivity contribution in [2.24, 2.45) is 0 Å². The van der Waals surface area contributed by atoms with Gasteiger partial charge in [0, 0.05) is 42.2 Å². The first-order chi connectivity index (χ1) is 19.1. The number of likely N-dealkylation sites (tertiary alicyclic amines) is 1. The van der Waals surface area contributed by atoms with Gasteiger partial charge in [0.2, 0.25) is 0 Å². The Labute approximate surface area is 231 Å². The molecule has 2 N–H and O–H groups in total. The van der Waals surface area contributed by atoms with Crippen molar-refractivity contribution < 1.29 is 18.7 Å². The van der Waals surface area contributed by atoms with Crippen molar-refractivity contribution in [3.8, 4) is 22.6 Å². The molecule has 0 spiro atoms. The number of carbonyl (C=O) groups excluding carboxylic acids is 1. The van der Waals surface area contributed by atoms with Crippen LogP contribution in [-0.2, 0) is 4.74 Å². The Bertz CT molecular complexity index is 1470. The number of nitrogen functional groups attached to an aromatic ring is 1. The molecule has 0 bridgehead atoms. The smallest absolute Gasteiger partial charge is 0.410 e. The third-order valence-corrected chi connectivity index (χ3v) is 6.67. The van der Waals surface area contributed by atoms with Gasteiger partial charge in [-0.15, -0.1) is 0 Å². The maximum absolute atomic E-state index is 14.2. The lowest BCUT2D eigenvalue weighted by Crippen LogP contribution is -2.42. The third kappa shape index (κ3) is 6.05. The second kappa shape index (κ2) is 10.9. The highest BCUT2D eigenvalue weighted by atomic mass is 19.1. The molecular weight excluding hydrogens is 515 g/mol. The third-order valence-electron chi connectivity index (χ3n) is 6.67. The van der Waals surface area contributed by atoms with E-state index in [1.807, 2.05) is 31.6 Å². The summed E-state index contributed by atoms with van der Waals surface area (Å²) < 4.78 is 27.8. The van der Waals surface area contributed by atoms with E-state index in [0.29, 0.717) is 30.1 Å². The molecule has 1 aliphatic rings. The number of hydrogen-bond acceptors (Lipinski definition) is 8. The van der Waals surface area contributed by atoms with Crippen molar-refractivity contribution >= 4 is 11.9 Å². The number of halogens is 1. The van der Waals surface area contributed by atoms with E-state index in [2.05, 4.69) is 20.3 Å². The number of aromatic nitrogens is 6. The normalized spacial score (nSPS) is 15.2. The molecule has 0 saturated carbocycles. The number of amides is 1. The Kier molecular flexibility index (Phi) is 7.42. The van der Waals surface area contributed by atoms with Gasteiger partial charge in [-0.3, -0.25) is 4.68 Å². The molecule has 210 valence electrons. The van der Waals surface area contributed by atoms with E-state index in [-0.39, 0.29) is 18.0 Å². The molecule has 1 atom stereocenters. The molecule has 1 fully saturated rings. The molecule has 0 aliphatic carbocycles. The van der Waals surface area contributed by atoms with E-state index in [1.54, 1.807) is 48.7 Å². The lowest BCUT2D eigenvalue weighted by molar-refractivity contribution is 0.0185. The zero-order valence-corrected chi connectivity index (χ0v) is 23.0. The van der Waals surface area contributed by atoms with Gasteiger partial charge in [-0.2, -0.15) is 20.1 Å². The SMILES string of the molecule is CC(Oc1cc(-c2cnn(C3CCN(C(=O)OC(C)(C)C)CC3)c2)cnc1N)c1cc(F)ccc1-n1nccn1. The first kappa shape index (κ1) is 27.1. The fourth-order valence-electron chi connectivity index (χ4n) is 4.66. The van der Waals surface area contributed by atoms with Crippen molar-refractivity contribution in [2.75, 3.05) is 18.8 Å². The number of anilines is 1. The lowest BCUT2D eigenvalue weighted by atomic mass is 10.1. The van der Waals surface area contributed by atoms with Crippen LogP contribution in [0.3, 0.4) is 0 Å². The Balaban J connectivity index is 1.29. The molecule has 4 heterocycles. The topological polar surface area (TPSA) is 126 Å². The van der Waals surface area contributed by atoms with Crippen LogP contribution in [0.15, 0.2) is 55.2 Å². The average Bonchev–Trinajstić information content (AvgIpc) is 3.62. The van der Waals surface area contributed by atoms with Gasteiger partial charge < -0.3 is 20.1 Å². The van der Waals surface area contributed by atoms with Crippen molar-refractivity contribution in [2.45, 2.75) is 58.3 Å². The summed E-state index contributed by atoms with van der Waals surface area (Å²) in [6.07, 6.45) is 9.18. The van der Waals surface area contributed by atoms with E-state index < -0.39 is 17.5 Å². The molecule has 5 rings (SSSR count). The van der Waals surface area contributed by atoms with Gasteiger partial charge in [0.05, 0.1) is 30.3 Å². The molecule has 1 aliphatic heterocycles. The number of nitrogens with two attached hydrogens (primary N) is 1. The molecule has 0 radical (unpaired) electrons. The molecule has 1 amide bonds. The number of ether oxygens (including phenoxy) is 2. The summed E-state index contributed by atoms with van der Waals surface area (Å²) in [5.41, 5.74) is 8.42. The van der Waals surface area contributed by atoms with Crippen LogP contribution in [0.1, 0.15) is 58.2 Å². The van der Waals surface area contributed by atoms with Gasteiger partial charge in [0.25, 0.3) is 0 Å². The second-order valence-electron chi connectivity index (χ2n) is 10.8. The monoisotopic (exact) mass is 548 g/mol. The predicted octanol–water partition coefficient (Wildman–Crippen LogP) is 4.96. The summed E-state index contributed by atoms with van der Waals surface area (Å²) >= 11 is 0. The predicted molar refractivity (Wildman–Crippen MR) is 146 cm³/mol. The number of piperidine rings is 1. The van der Waals surface area contributed by atoms with Gasteiger partial charge in [-0.25, -0.2) is 14.2 Å². The Hall–Kier alpha value is -4.48. The van der Waals surface area contributed by atoms with E-state index in [0.717, 1.165) is 24.0 Å². The molecule has 1 unspecified atom stereocenters. The van der Waals surface area contributed by atoms with Gasteiger partial charge in [-0.1, -0.05) is 0 Å². The summed E-state index contributed by atoms with van der Waals surface area (Å²) in [7, 11) is 0. The molecule has 4 aromatic rings. The maximum atomic E-state index is 14.2. The highest BCUT2D eigenvalue weighted by Gasteiger charge is 2.28.